The Bertz CT molecular complexity index is 956. The summed E-state index contributed by atoms with van der Waals surface area (Å²) in [6, 6.07) is 1.06. The van der Waals surface area contributed by atoms with Crippen molar-refractivity contribution in [2.45, 2.75) is 83.6 Å². The first-order chi connectivity index (χ1) is 15.5. The van der Waals surface area contributed by atoms with Crippen LogP contribution >= 0.6 is 0 Å². The van der Waals surface area contributed by atoms with E-state index in [9.17, 15) is 4.39 Å². The van der Waals surface area contributed by atoms with E-state index in [1.807, 2.05) is 13.1 Å². The van der Waals surface area contributed by atoms with Gasteiger partial charge in [-0.2, -0.15) is 4.98 Å². The number of alkyl halides is 1. The van der Waals surface area contributed by atoms with E-state index < -0.39 is 6.17 Å². The van der Waals surface area contributed by atoms with E-state index in [1.54, 1.807) is 0 Å². The molecular formula is C23H34FN7O. The summed E-state index contributed by atoms with van der Waals surface area (Å²) < 4.78 is 21.9. The van der Waals surface area contributed by atoms with Crippen LogP contribution in [0, 0.1) is 13.8 Å². The van der Waals surface area contributed by atoms with Crippen LogP contribution in [0.5, 0.6) is 5.88 Å². The Morgan fingerprint density at radius 2 is 1.88 bits per heavy atom. The first-order valence-corrected chi connectivity index (χ1v) is 11.9. The zero-order chi connectivity index (χ0) is 22.2. The van der Waals surface area contributed by atoms with Crippen molar-refractivity contribution >= 4 is 17.5 Å². The molecule has 2 aliphatic heterocycles. The Labute approximate surface area is 188 Å². The lowest BCUT2D eigenvalue weighted by Crippen LogP contribution is -2.37. The summed E-state index contributed by atoms with van der Waals surface area (Å²) in [7, 11) is 0. The predicted octanol–water partition coefficient (Wildman–Crippen LogP) is 4.14. The molecule has 32 heavy (non-hydrogen) atoms. The molecule has 2 bridgehead atoms. The Hall–Kier alpha value is -2.42. The second-order valence-electron chi connectivity index (χ2n) is 9.59. The van der Waals surface area contributed by atoms with E-state index >= 15 is 0 Å². The van der Waals surface area contributed by atoms with Crippen molar-refractivity contribution in [1.82, 2.24) is 24.6 Å². The van der Waals surface area contributed by atoms with Crippen LogP contribution in [0.3, 0.4) is 0 Å². The summed E-state index contributed by atoms with van der Waals surface area (Å²) in [6.45, 7) is 8.30. The summed E-state index contributed by atoms with van der Waals surface area (Å²) in [6.07, 6.45) is 6.99. The number of hydrogen-bond donors (Lipinski definition) is 2. The third-order valence-electron chi connectivity index (χ3n) is 7.19. The molecule has 1 aliphatic carbocycles. The number of aryl methyl sites for hydroxylation is 1. The number of nitrogens with zero attached hydrogens (tertiary/aromatic N) is 5. The zero-order valence-corrected chi connectivity index (χ0v) is 19.3. The topological polar surface area (TPSA) is 80.1 Å². The highest BCUT2D eigenvalue weighted by Crippen LogP contribution is 2.38. The average molecular weight is 444 g/mol. The predicted molar refractivity (Wildman–Crippen MR) is 123 cm³/mol. The highest BCUT2D eigenvalue weighted by atomic mass is 19.1. The zero-order valence-electron chi connectivity index (χ0n) is 19.3. The maximum absolute atomic E-state index is 13.6. The molecule has 2 N–H and O–H groups in total. The largest absolute Gasteiger partial charge is 0.475 e. The minimum Gasteiger partial charge on any atom is -0.475 e. The molecule has 0 radical (unpaired) electrons. The van der Waals surface area contributed by atoms with Crippen LogP contribution < -0.4 is 15.4 Å². The fourth-order valence-corrected chi connectivity index (χ4v) is 5.23. The summed E-state index contributed by atoms with van der Waals surface area (Å²) in [5.41, 5.74) is 2.90. The summed E-state index contributed by atoms with van der Waals surface area (Å²) >= 11 is 0. The average Bonchev–Trinajstić information content (AvgIpc) is 3.34. The molecule has 0 aromatic carbocycles. The van der Waals surface area contributed by atoms with Gasteiger partial charge in [-0.15, -0.1) is 5.10 Å². The SMILES string of the molecule is Cc1cnc2nc1NC(C)CCOc1nn(C3CCC(N4CCC(F)C4)CC3)c(C)c1N2. The van der Waals surface area contributed by atoms with Gasteiger partial charge in [0.1, 0.15) is 17.7 Å². The van der Waals surface area contributed by atoms with Crippen molar-refractivity contribution < 1.29 is 9.13 Å². The molecule has 8 nitrogen and oxygen atoms in total. The highest BCUT2D eigenvalue weighted by molar-refractivity contribution is 5.64. The number of hydrogen-bond acceptors (Lipinski definition) is 7. The van der Waals surface area contributed by atoms with Crippen molar-refractivity contribution in [2.75, 3.05) is 30.3 Å². The van der Waals surface area contributed by atoms with E-state index in [2.05, 4.69) is 44.0 Å². The Kier molecular flexibility index (Phi) is 5.92. The van der Waals surface area contributed by atoms with Crippen LogP contribution in [0.1, 0.15) is 62.7 Å². The molecular weight excluding hydrogens is 409 g/mol. The quantitative estimate of drug-likeness (QED) is 0.722. The summed E-state index contributed by atoms with van der Waals surface area (Å²) in [4.78, 5) is 11.5. The smallest absolute Gasteiger partial charge is 0.257 e. The number of aromatic nitrogens is 4. The molecule has 4 heterocycles. The first-order valence-electron chi connectivity index (χ1n) is 11.9. The number of halogens is 1. The van der Waals surface area contributed by atoms with E-state index in [-0.39, 0.29) is 6.04 Å². The van der Waals surface area contributed by atoms with Crippen LogP contribution in [0.2, 0.25) is 0 Å². The van der Waals surface area contributed by atoms with Gasteiger partial charge in [-0.3, -0.25) is 9.58 Å². The number of rotatable bonds is 2. The standard InChI is InChI=1S/C23H34FN7O/c1-14-12-25-23-27-20-16(3)31(29-22(20)32-11-9-15(2)26-21(14)28-23)19-6-4-18(5-7-19)30-10-8-17(24)13-30/h12,15,17-19H,4-11,13H2,1-3H3,(H2,25,26,27,28). The van der Waals surface area contributed by atoms with Crippen molar-refractivity contribution in [2.24, 2.45) is 0 Å². The van der Waals surface area contributed by atoms with Gasteiger partial charge in [0.2, 0.25) is 5.95 Å². The molecule has 1 saturated carbocycles. The van der Waals surface area contributed by atoms with Gasteiger partial charge in [0.15, 0.2) is 0 Å². The molecule has 2 aromatic rings. The maximum Gasteiger partial charge on any atom is 0.257 e. The lowest BCUT2D eigenvalue weighted by Gasteiger charge is -2.34. The lowest BCUT2D eigenvalue weighted by molar-refractivity contribution is 0.151. The van der Waals surface area contributed by atoms with E-state index in [0.29, 0.717) is 43.5 Å². The molecule has 0 spiro atoms. The molecule has 2 atom stereocenters. The monoisotopic (exact) mass is 443 g/mol. The fraction of sp³-hybridized carbons (Fsp3) is 0.696. The Morgan fingerprint density at radius 3 is 2.62 bits per heavy atom. The van der Waals surface area contributed by atoms with Crippen molar-refractivity contribution in [3.63, 3.8) is 0 Å². The normalized spacial score (nSPS) is 28.8. The van der Waals surface area contributed by atoms with Crippen LogP contribution in [-0.2, 0) is 0 Å². The third kappa shape index (κ3) is 4.27. The molecule has 2 unspecified atom stereocenters. The fourth-order valence-electron chi connectivity index (χ4n) is 5.23. The Morgan fingerprint density at radius 1 is 1.09 bits per heavy atom. The van der Waals surface area contributed by atoms with E-state index in [0.717, 1.165) is 61.4 Å². The maximum atomic E-state index is 13.6. The van der Waals surface area contributed by atoms with Gasteiger partial charge in [0.05, 0.1) is 18.3 Å². The van der Waals surface area contributed by atoms with E-state index in [1.165, 1.54) is 0 Å². The van der Waals surface area contributed by atoms with Gasteiger partial charge in [-0.1, -0.05) is 0 Å². The lowest BCUT2D eigenvalue weighted by atomic mass is 9.90. The summed E-state index contributed by atoms with van der Waals surface area (Å²) in [5, 5.41) is 11.7. The molecule has 0 amide bonds. The van der Waals surface area contributed by atoms with Crippen molar-refractivity contribution in [1.29, 1.82) is 0 Å². The molecule has 2 aromatic heterocycles. The molecule has 1 saturated heterocycles. The van der Waals surface area contributed by atoms with Crippen molar-refractivity contribution in [3.05, 3.63) is 17.5 Å². The number of anilines is 3. The summed E-state index contributed by atoms with van der Waals surface area (Å²) in [5.74, 6) is 2.00. The van der Waals surface area contributed by atoms with Gasteiger partial charge in [-0.25, -0.2) is 9.37 Å². The highest BCUT2D eigenvalue weighted by Gasteiger charge is 2.33. The first kappa shape index (κ1) is 21.4. The number of likely N-dealkylation sites (tertiary alicyclic amines) is 1. The second-order valence-corrected chi connectivity index (χ2v) is 9.59. The van der Waals surface area contributed by atoms with Gasteiger partial charge in [0.25, 0.3) is 5.88 Å². The van der Waals surface area contributed by atoms with Gasteiger partial charge in [-0.05, 0) is 52.9 Å². The van der Waals surface area contributed by atoms with Gasteiger partial charge in [0, 0.05) is 43.4 Å². The Balaban J connectivity index is 1.36. The van der Waals surface area contributed by atoms with Gasteiger partial charge >= 0.3 is 0 Å². The second kappa shape index (κ2) is 8.84. The van der Waals surface area contributed by atoms with Crippen LogP contribution in [-0.4, -0.2) is 62.6 Å². The molecule has 9 heteroatoms. The van der Waals surface area contributed by atoms with Crippen LogP contribution in [0.15, 0.2) is 6.20 Å². The third-order valence-corrected chi connectivity index (χ3v) is 7.19. The minimum atomic E-state index is -0.649. The molecule has 3 aliphatic rings. The van der Waals surface area contributed by atoms with Crippen LogP contribution in [0.4, 0.5) is 21.8 Å². The molecule has 2 fully saturated rings. The van der Waals surface area contributed by atoms with Crippen LogP contribution in [0.25, 0.3) is 0 Å². The number of nitrogens with one attached hydrogen (secondary N) is 2. The molecule has 5 rings (SSSR count). The number of fused-ring (bicyclic) bond motifs is 3. The van der Waals surface area contributed by atoms with E-state index in [4.69, 9.17) is 9.84 Å². The number of ether oxygens (including phenoxy) is 1. The van der Waals surface area contributed by atoms with Gasteiger partial charge < -0.3 is 15.4 Å². The van der Waals surface area contributed by atoms with Crippen molar-refractivity contribution in [3.8, 4) is 5.88 Å². The molecule has 174 valence electrons. The minimum absolute atomic E-state index is 0.228.